The molecule has 1 unspecified atom stereocenters. The van der Waals surface area contributed by atoms with E-state index in [1.807, 2.05) is 0 Å². The van der Waals surface area contributed by atoms with Crippen LogP contribution in [0.5, 0.6) is 0 Å². The molecule has 2 aromatic rings. The highest BCUT2D eigenvalue weighted by molar-refractivity contribution is 6.40. The van der Waals surface area contributed by atoms with E-state index in [0.717, 1.165) is 25.5 Å². The number of nitrogens with one attached hydrogen (secondary N) is 3. The van der Waals surface area contributed by atoms with E-state index in [4.69, 9.17) is 0 Å². The van der Waals surface area contributed by atoms with E-state index in [1.54, 1.807) is 0 Å². The summed E-state index contributed by atoms with van der Waals surface area (Å²) in [7, 11) is 0. The third-order valence-corrected chi connectivity index (χ3v) is 5.65. The van der Waals surface area contributed by atoms with E-state index < -0.39 is 17.6 Å². The normalized spacial score (nSPS) is 21.7. The van der Waals surface area contributed by atoms with Crippen molar-refractivity contribution in [3.05, 3.63) is 24.3 Å². The number of hydrogen-bond acceptors (Lipinski definition) is 3. The summed E-state index contributed by atoms with van der Waals surface area (Å²) in [5, 5.41) is 5.83. The van der Waals surface area contributed by atoms with Crippen LogP contribution in [0.2, 0.25) is 0 Å². The first-order valence-corrected chi connectivity index (χ1v) is 8.79. The fraction of sp³-hybridized carbons (Fsp3) is 0.500. The summed E-state index contributed by atoms with van der Waals surface area (Å²) in [5.74, 6) is -1.88. The summed E-state index contributed by atoms with van der Waals surface area (Å²) in [6, 6.07) is 1.34. The number of amides is 2. The zero-order valence-corrected chi connectivity index (χ0v) is 13.9. The van der Waals surface area contributed by atoms with E-state index in [-0.39, 0.29) is 6.04 Å². The smallest absolute Gasteiger partial charge is 0.313 e. The van der Waals surface area contributed by atoms with Gasteiger partial charge < -0.3 is 15.6 Å². The first-order chi connectivity index (χ1) is 12.0. The van der Waals surface area contributed by atoms with Gasteiger partial charge >= 0.3 is 11.8 Å². The molecule has 2 fully saturated rings. The van der Waals surface area contributed by atoms with Crippen molar-refractivity contribution in [2.24, 2.45) is 5.41 Å². The zero-order valence-electron chi connectivity index (χ0n) is 13.9. The van der Waals surface area contributed by atoms with Crippen LogP contribution in [-0.4, -0.2) is 27.8 Å². The minimum Gasteiger partial charge on any atom is -0.345 e. The highest BCUT2D eigenvalue weighted by Crippen LogP contribution is 2.50. The molecule has 2 aromatic heterocycles. The Kier molecular flexibility index (Phi) is 3.94. The predicted octanol–water partition coefficient (Wildman–Crippen LogP) is 2.87. The van der Waals surface area contributed by atoms with Gasteiger partial charge in [-0.25, -0.2) is 9.37 Å². The van der Waals surface area contributed by atoms with Gasteiger partial charge in [0.25, 0.3) is 0 Å². The number of rotatable bonds is 2. The molecule has 0 saturated heterocycles. The van der Waals surface area contributed by atoms with Crippen molar-refractivity contribution >= 4 is 28.5 Å². The van der Waals surface area contributed by atoms with Crippen LogP contribution in [0.3, 0.4) is 0 Å². The Morgan fingerprint density at radius 3 is 2.84 bits per heavy atom. The van der Waals surface area contributed by atoms with Gasteiger partial charge in [0.15, 0.2) is 0 Å². The molecule has 6 nitrogen and oxygen atoms in total. The minimum absolute atomic E-state index is 0.0680. The number of carbonyl (C=O) groups is 2. The molecule has 7 heteroatoms. The molecule has 2 saturated carbocycles. The van der Waals surface area contributed by atoms with E-state index in [2.05, 4.69) is 20.6 Å². The molecule has 0 aromatic carbocycles. The molecule has 25 heavy (non-hydrogen) atoms. The maximum atomic E-state index is 13.3. The third-order valence-electron chi connectivity index (χ3n) is 5.65. The van der Waals surface area contributed by atoms with E-state index >= 15 is 0 Å². The van der Waals surface area contributed by atoms with Crippen molar-refractivity contribution in [2.75, 3.05) is 5.32 Å². The van der Waals surface area contributed by atoms with Crippen LogP contribution < -0.4 is 10.6 Å². The highest BCUT2D eigenvalue weighted by Gasteiger charge is 2.41. The lowest BCUT2D eigenvalue weighted by Gasteiger charge is -2.22. The van der Waals surface area contributed by atoms with Crippen molar-refractivity contribution in [1.82, 2.24) is 15.3 Å². The highest BCUT2D eigenvalue weighted by atomic mass is 19.1. The minimum atomic E-state index is -0.738. The molecule has 0 radical (unpaired) electrons. The maximum absolute atomic E-state index is 13.3. The van der Waals surface area contributed by atoms with Gasteiger partial charge in [-0.05, 0) is 43.6 Å². The predicted molar refractivity (Wildman–Crippen MR) is 91.4 cm³/mol. The van der Waals surface area contributed by atoms with Gasteiger partial charge in [-0.2, -0.15) is 0 Å². The lowest BCUT2D eigenvalue weighted by Crippen LogP contribution is -2.41. The number of halogens is 1. The van der Waals surface area contributed by atoms with Gasteiger partial charge in [0.05, 0.1) is 11.9 Å². The molecule has 3 N–H and O–H groups in total. The Morgan fingerprint density at radius 2 is 2.04 bits per heavy atom. The second-order valence-corrected chi connectivity index (χ2v) is 7.33. The second kappa shape index (κ2) is 6.13. The fourth-order valence-corrected chi connectivity index (χ4v) is 4.42. The topological polar surface area (TPSA) is 86.9 Å². The number of carbonyl (C=O) groups excluding carboxylic acids is 2. The first-order valence-electron chi connectivity index (χ1n) is 8.79. The molecule has 1 atom stereocenters. The van der Waals surface area contributed by atoms with E-state index in [0.29, 0.717) is 22.1 Å². The molecule has 2 heterocycles. The number of hydrogen-bond donors (Lipinski definition) is 3. The van der Waals surface area contributed by atoms with Crippen molar-refractivity contribution < 1.29 is 14.0 Å². The van der Waals surface area contributed by atoms with Gasteiger partial charge in [-0.15, -0.1) is 0 Å². The molecule has 2 aliphatic carbocycles. The standard InChI is InChI=1S/C18H21FN4O2/c19-11-7-13-14(10-21-15(13)20-9-11)23-17(25)16(24)22-12-3-6-18(8-12)4-1-2-5-18/h7,9-10,12H,1-6,8H2,(H,20,21)(H,22,24)(H,23,25). The molecule has 1 spiro atoms. The molecule has 0 bridgehead atoms. The van der Waals surface area contributed by atoms with Crippen molar-refractivity contribution in [3.8, 4) is 0 Å². The maximum Gasteiger partial charge on any atom is 0.313 e. The van der Waals surface area contributed by atoms with Gasteiger partial charge in [0.2, 0.25) is 0 Å². The average Bonchev–Trinajstić information content (AvgIpc) is 3.30. The van der Waals surface area contributed by atoms with Crippen LogP contribution in [0.4, 0.5) is 10.1 Å². The van der Waals surface area contributed by atoms with Crippen LogP contribution in [0, 0.1) is 11.2 Å². The molecular weight excluding hydrogens is 323 g/mol. The lowest BCUT2D eigenvalue weighted by molar-refractivity contribution is -0.136. The van der Waals surface area contributed by atoms with Crippen LogP contribution >= 0.6 is 0 Å². The summed E-state index contributed by atoms with van der Waals surface area (Å²) in [4.78, 5) is 31.1. The second-order valence-electron chi connectivity index (χ2n) is 7.33. The molecule has 2 amide bonds. The Labute approximate surface area is 144 Å². The Hall–Kier alpha value is -2.44. The van der Waals surface area contributed by atoms with Crippen molar-refractivity contribution in [1.29, 1.82) is 0 Å². The van der Waals surface area contributed by atoms with Crippen molar-refractivity contribution in [3.63, 3.8) is 0 Å². The molecule has 132 valence electrons. The number of anilines is 1. The van der Waals surface area contributed by atoms with E-state index in [9.17, 15) is 14.0 Å². The SMILES string of the molecule is O=C(Nc1c[nH]c2ncc(F)cc12)C(=O)NC1CCC2(CCCC2)C1. The van der Waals surface area contributed by atoms with Crippen LogP contribution in [0.1, 0.15) is 44.9 Å². The zero-order chi connectivity index (χ0) is 17.4. The summed E-state index contributed by atoms with van der Waals surface area (Å²) < 4.78 is 13.3. The summed E-state index contributed by atoms with van der Waals surface area (Å²) in [6.45, 7) is 0. The Balaban J connectivity index is 1.39. The first kappa shape index (κ1) is 16.1. The van der Waals surface area contributed by atoms with E-state index in [1.165, 1.54) is 37.9 Å². The van der Waals surface area contributed by atoms with Crippen LogP contribution in [0.25, 0.3) is 11.0 Å². The summed E-state index contributed by atoms with van der Waals surface area (Å²) >= 11 is 0. The average molecular weight is 344 g/mol. The monoisotopic (exact) mass is 344 g/mol. The quantitative estimate of drug-likeness (QED) is 0.732. The van der Waals surface area contributed by atoms with Gasteiger partial charge in [0, 0.05) is 17.6 Å². The van der Waals surface area contributed by atoms with Gasteiger partial charge in [-0.3, -0.25) is 9.59 Å². The number of aromatic amines is 1. The number of pyridine rings is 1. The van der Waals surface area contributed by atoms with Gasteiger partial charge in [-0.1, -0.05) is 12.8 Å². The Morgan fingerprint density at radius 1 is 1.24 bits per heavy atom. The number of nitrogens with zero attached hydrogens (tertiary/aromatic N) is 1. The van der Waals surface area contributed by atoms with Crippen LogP contribution in [-0.2, 0) is 9.59 Å². The van der Waals surface area contributed by atoms with Crippen molar-refractivity contribution in [2.45, 2.75) is 51.0 Å². The largest absolute Gasteiger partial charge is 0.345 e. The third kappa shape index (κ3) is 3.10. The molecule has 2 aliphatic rings. The molecule has 4 rings (SSSR count). The molecular formula is C18H21FN4O2. The summed E-state index contributed by atoms with van der Waals surface area (Å²) in [6.07, 6.45) is 10.6. The summed E-state index contributed by atoms with van der Waals surface area (Å²) in [5.41, 5.74) is 1.19. The van der Waals surface area contributed by atoms with Crippen LogP contribution in [0.15, 0.2) is 18.5 Å². The Bertz CT molecular complexity index is 826. The number of H-pyrrole nitrogens is 1. The number of fused-ring (bicyclic) bond motifs is 1. The molecule has 0 aliphatic heterocycles. The fourth-order valence-electron chi connectivity index (χ4n) is 4.42. The lowest BCUT2D eigenvalue weighted by atomic mass is 9.84. The number of aromatic nitrogens is 2. The van der Waals surface area contributed by atoms with Gasteiger partial charge in [0.1, 0.15) is 11.5 Å².